The standard InChI is InChI=1S/C18H20N2O/c1-13-8-9-15(10-17(13)20(2)3)19-11-14-12-21-18-7-5-4-6-16(14)18/h4-10,12,19H,11H2,1-3H3. The summed E-state index contributed by atoms with van der Waals surface area (Å²) in [7, 11) is 4.13. The molecule has 3 heteroatoms. The van der Waals surface area contributed by atoms with Crippen molar-refractivity contribution in [2.24, 2.45) is 0 Å². The van der Waals surface area contributed by atoms with Gasteiger partial charge in [0.2, 0.25) is 0 Å². The number of hydrogen-bond acceptors (Lipinski definition) is 3. The smallest absolute Gasteiger partial charge is 0.134 e. The zero-order valence-corrected chi connectivity index (χ0v) is 12.7. The number of nitrogens with one attached hydrogen (secondary N) is 1. The zero-order valence-electron chi connectivity index (χ0n) is 12.7. The van der Waals surface area contributed by atoms with Gasteiger partial charge in [-0.2, -0.15) is 0 Å². The van der Waals surface area contributed by atoms with Crippen LogP contribution >= 0.6 is 0 Å². The van der Waals surface area contributed by atoms with Crippen LogP contribution in [0.5, 0.6) is 0 Å². The molecule has 1 heterocycles. The van der Waals surface area contributed by atoms with Crippen LogP contribution in [-0.4, -0.2) is 14.1 Å². The van der Waals surface area contributed by atoms with E-state index in [4.69, 9.17) is 4.42 Å². The summed E-state index contributed by atoms with van der Waals surface area (Å²) in [5, 5.41) is 4.65. The molecule has 0 unspecified atom stereocenters. The van der Waals surface area contributed by atoms with Gasteiger partial charge in [-0.25, -0.2) is 0 Å². The number of furan rings is 1. The van der Waals surface area contributed by atoms with Gasteiger partial charge in [0.25, 0.3) is 0 Å². The second kappa shape index (κ2) is 5.52. The average Bonchev–Trinajstić information content (AvgIpc) is 2.89. The molecule has 1 N–H and O–H groups in total. The molecule has 0 aliphatic carbocycles. The summed E-state index contributed by atoms with van der Waals surface area (Å²) in [6, 6.07) is 14.6. The summed E-state index contributed by atoms with van der Waals surface area (Å²) >= 11 is 0. The highest BCUT2D eigenvalue weighted by Gasteiger charge is 2.06. The topological polar surface area (TPSA) is 28.4 Å². The molecule has 0 atom stereocenters. The van der Waals surface area contributed by atoms with Gasteiger partial charge in [-0.15, -0.1) is 0 Å². The van der Waals surface area contributed by atoms with E-state index in [2.05, 4.69) is 55.5 Å². The van der Waals surface area contributed by atoms with Crippen LogP contribution in [0.3, 0.4) is 0 Å². The molecule has 3 rings (SSSR count). The third kappa shape index (κ3) is 2.72. The number of anilines is 2. The average molecular weight is 280 g/mol. The Morgan fingerprint density at radius 1 is 1.10 bits per heavy atom. The molecule has 0 amide bonds. The second-order valence-corrected chi connectivity index (χ2v) is 5.51. The van der Waals surface area contributed by atoms with Crippen molar-refractivity contribution in [1.82, 2.24) is 0 Å². The van der Waals surface area contributed by atoms with Crippen LogP contribution in [0.4, 0.5) is 11.4 Å². The van der Waals surface area contributed by atoms with E-state index in [0.717, 1.165) is 17.8 Å². The molecule has 1 aromatic heterocycles. The quantitative estimate of drug-likeness (QED) is 0.767. The fourth-order valence-electron chi connectivity index (χ4n) is 2.57. The number of rotatable bonds is 4. The first kappa shape index (κ1) is 13.6. The van der Waals surface area contributed by atoms with Gasteiger partial charge >= 0.3 is 0 Å². The molecule has 0 saturated heterocycles. The summed E-state index contributed by atoms with van der Waals surface area (Å²) in [6.45, 7) is 2.88. The van der Waals surface area contributed by atoms with E-state index in [1.807, 2.05) is 24.5 Å². The van der Waals surface area contributed by atoms with Gasteiger partial charge in [-0.1, -0.05) is 24.3 Å². The maximum atomic E-state index is 5.57. The van der Waals surface area contributed by atoms with Crippen LogP contribution in [0.2, 0.25) is 0 Å². The van der Waals surface area contributed by atoms with Gasteiger partial charge in [0.05, 0.1) is 6.26 Å². The molecule has 108 valence electrons. The van der Waals surface area contributed by atoms with E-state index in [-0.39, 0.29) is 0 Å². The lowest BCUT2D eigenvalue weighted by atomic mass is 10.1. The van der Waals surface area contributed by atoms with Crippen LogP contribution in [0.25, 0.3) is 11.0 Å². The molecular weight excluding hydrogens is 260 g/mol. The predicted octanol–water partition coefficient (Wildman–Crippen LogP) is 4.42. The summed E-state index contributed by atoms with van der Waals surface area (Å²) in [5.41, 5.74) is 5.75. The van der Waals surface area contributed by atoms with Crippen molar-refractivity contribution < 1.29 is 4.42 Å². The first-order chi connectivity index (χ1) is 10.1. The summed E-state index contributed by atoms with van der Waals surface area (Å²) in [5.74, 6) is 0. The van der Waals surface area contributed by atoms with E-state index in [1.54, 1.807) is 0 Å². The second-order valence-electron chi connectivity index (χ2n) is 5.51. The van der Waals surface area contributed by atoms with Crippen LogP contribution in [-0.2, 0) is 6.54 Å². The van der Waals surface area contributed by atoms with Gasteiger partial charge in [0, 0.05) is 43.0 Å². The number of hydrogen-bond donors (Lipinski definition) is 1. The Labute approximate surface area is 125 Å². The third-order valence-electron chi connectivity index (χ3n) is 3.74. The molecule has 0 fully saturated rings. The molecule has 21 heavy (non-hydrogen) atoms. The zero-order chi connectivity index (χ0) is 14.8. The summed E-state index contributed by atoms with van der Waals surface area (Å²) in [4.78, 5) is 2.13. The molecule has 0 bridgehead atoms. The SMILES string of the molecule is Cc1ccc(NCc2coc3ccccc23)cc1N(C)C. The summed E-state index contributed by atoms with van der Waals surface area (Å²) in [6.07, 6.45) is 1.83. The van der Waals surface area contributed by atoms with Crippen molar-refractivity contribution in [3.63, 3.8) is 0 Å². The van der Waals surface area contributed by atoms with Crippen molar-refractivity contribution in [2.45, 2.75) is 13.5 Å². The molecule has 0 radical (unpaired) electrons. The monoisotopic (exact) mass is 280 g/mol. The van der Waals surface area contributed by atoms with E-state index in [9.17, 15) is 0 Å². The van der Waals surface area contributed by atoms with Crippen LogP contribution in [0.15, 0.2) is 53.1 Å². The molecule has 0 saturated carbocycles. The first-order valence-corrected chi connectivity index (χ1v) is 7.12. The minimum atomic E-state index is 0.757. The van der Waals surface area contributed by atoms with E-state index in [0.29, 0.717) is 0 Å². The number of nitrogens with zero attached hydrogens (tertiary/aromatic N) is 1. The number of para-hydroxylation sites is 1. The maximum absolute atomic E-state index is 5.57. The Hall–Kier alpha value is -2.42. The number of fused-ring (bicyclic) bond motifs is 1. The first-order valence-electron chi connectivity index (χ1n) is 7.12. The lowest BCUT2D eigenvalue weighted by Gasteiger charge is -2.17. The Bertz CT molecular complexity index is 759. The van der Waals surface area contributed by atoms with E-state index < -0.39 is 0 Å². The highest BCUT2D eigenvalue weighted by atomic mass is 16.3. The van der Waals surface area contributed by atoms with Gasteiger partial charge in [0.1, 0.15) is 5.58 Å². The van der Waals surface area contributed by atoms with Crippen molar-refractivity contribution in [1.29, 1.82) is 0 Å². The Balaban J connectivity index is 1.80. The lowest BCUT2D eigenvalue weighted by molar-refractivity contribution is 0.611. The molecular formula is C18H20N2O. The minimum absolute atomic E-state index is 0.757. The van der Waals surface area contributed by atoms with Crippen molar-refractivity contribution >= 4 is 22.3 Å². The largest absolute Gasteiger partial charge is 0.464 e. The highest BCUT2D eigenvalue weighted by Crippen LogP contribution is 2.25. The molecule has 2 aromatic carbocycles. The van der Waals surface area contributed by atoms with Gasteiger partial charge in [-0.05, 0) is 30.7 Å². The normalized spacial score (nSPS) is 10.8. The van der Waals surface area contributed by atoms with Crippen molar-refractivity contribution in [2.75, 3.05) is 24.3 Å². The molecule has 3 aromatic rings. The van der Waals surface area contributed by atoms with Crippen molar-refractivity contribution in [3.8, 4) is 0 Å². The summed E-state index contributed by atoms with van der Waals surface area (Å²) < 4.78 is 5.57. The Kier molecular flexibility index (Phi) is 3.57. The fourth-order valence-corrected chi connectivity index (χ4v) is 2.57. The van der Waals surface area contributed by atoms with E-state index in [1.165, 1.54) is 22.2 Å². The maximum Gasteiger partial charge on any atom is 0.134 e. The Morgan fingerprint density at radius 3 is 2.71 bits per heavy atom. The van der Waals surface area contributed by atoms with E-state index >= 15 is 0 Å². The number of benzene rings is 2. The van der Waals surface area contributed by atoms with Gasteiger partial charge in [-0.3, -0.25) is 0 Å². The van der Waals surface area contributed by atoms with Gasteiger partial charge in [0.15, 0.2) is 0 Å². The fraction of sp³-hybridized carbons (Fsp3) is 0.222. The molecule has 3 nitrogen and oxygen atoms in total. The molecule has 0 aliphatic rings. The lowest BCUT2D eigenvalue weighted by Crippen LogP contribution is -2.10. The highest BCUT2D eigenvalue weighted by molar-refractivity contribution is 5.81. The minimum Gasteiger partial charge on any atom is -0.464 e. The third-order valence-corrected chi connectivity index (χ3v) is 3.74. The molecule has 0 spiro atoms. The molecule has 0 aliphatic heterocycles. The predicted molar refractivity (Wildman–Crippen MR) is 89.0 cm³/mol. The van der Waals surface area contributed by atoms with Crippen LogP contribution in [0.1, 0.15) is 11.1 Å². The van der Waals surface area contributed by atoms with Crippen LogP contribution < -0.4 is 10.2 Å². The van der Waals surface area contributed by atoms with Crippen LogP contribution in [0, 0.1) is 6.92 Å². The Morgan fingerprint density at radius 2 is 1.90 bits per heavy atom. The van der Waals surface area contributed by atoms with Crippen molar-refractivity contribution in [3.05, 3.63) is 59.9 Å². The number of aryl methyl sites for hydroxylation is 1. The van der Waals surface area contributed by atoms with Gasteiger partial charge < -0.3 is 14.6 Å².